The van der Waals surface area contributed by atoms with Gasteiger partial charge in [0.15, 0.2) is 0 Å². The molecule has 0 radical (unpaired) electrons. The molecule has 0 bridgehead atoms. The summed E-state index contributed by atoms with van der Waals surface area (Å²) in [5.41, 5.74) is 3.65. The van der Waals surface area contributed by atoms with Gasteiger partial charge in [-0.25, -0.2) is 13.2 Å². The first-order valence-corrected chi connectivity index (χ1v) is 16.8. The van der Waals surface area contributed by atoms with Crippen molar-refractivity contribution in [1.82, 2.24) is 14.4 Å². The van der Waals surface area contributed by atoms with Crippen molar-refractivity contribution in [2.75, 3.05) is 35.9 Å². The number of rotatable bonds is 11. The predicted molar refractivity (Wildman–Crippen MR) is 188 cm³/mol. The van der Waals surface area contributed by atoms with E-state index in [0.717, 1.165) is 80.5 Å². The van der Waals surface area contributed by atoms with E-state index in [-0.39, 0.29) is 36.9 Å². The van der Waals surface area contributed by atoms with Crippen LogP contribution in [0.15, 0.2) is 79.0 Å². The van der Waals surface area contributed by atoms with Crippen LogP contribution in [-0.4, -0.2) is 60.7 Å². The highest BCUT2D eigenvalue weighted by Crippen LogP contribution is 2.27. The molecular weight excluding hydrogens is 633 g/mol. The fourth-order valence-corrected chi connectivity index (χ4v) is 6.22. The Hall–Kier alpha value is -3.44. The van der Waals surface area contributed by atoms with E-state index in [2.05, 4.69) is 55.6 Å². The van der Waals surface area contributed by atoms with Gasteiger partial charge in [0.25, 0.3) is 0 Å². The minimum atomic E-state index is -3.31. The first kappa shape index (κ1) is 36.0. The van der Waals surface area contributed by atoms with Crippen molar-refractivity contribution >= 4 is 63.1 Å². The van der Waals surface area contributed by atoms with Crippen LogP contribution in [0.3, 0.4) is 0 Å². The lowest BCUT2D eigenvalue weighted by atomic mass is 10.0. The number of likely N-dealkylation sites (tertiary alicyclic amines) is 1. The number of nitrogens with one attached hydrogen (secondary N) is 2. The van der Waals surface area contributed by atoms with Gasteiger partial charge in [0.2, 0.25) is 10.0 Å². The number of piperidine rings is 1. The summed E-state index contributed by atoms with van der Waals surface area (Å²) in [6.07, 6.45) is 7.03. The molecule has 1 aliphatic heterocycles. The van der Waals surface area contributed by atoms with Crippen LogP contribution in [0, 0.1) is 0 Å². The van der Waals surface area contributed by atoms with E-state index in [1.54, 1.807) is 24.3 Å². The first-order valence-electron chi connectivity index (χ1n) is 14.9. The van der Waals surface area contributed by atoms with Gasteiger partial charge in [0.05, 0.1) is 11.9 Å². The average Bonchev–Trinajstić information content (AvgIpc) is 3.30. The number of anilines is 2. The fraction of sp³-hybridized carbons (Fsp3) is 0.364. The Labute approximate surface area is 278 Å². The van der Waals surface area contributed by atoms with Crippen LogP contribution in [0.5, 0.6) is 11.5 Å². The van der Waals surface area contributed by atoms with Crippen LogP contribution < -0.4 is 14.8 Å². The number of hydrogen-bond acceptors (Lipinski definition) is 5. The fourth-order valence-electron chi connectivity index (χ4n) is 5.66. The number of fused-ring (bicyclic) bond motifs is 1. The topological polar surface area (TPSA) is 95.9 Å². The molecule has 0 atom stereocenters. The minimum Gasteiger partial charge on any atom is -0.457 e. The molecule has 9 nitrogen and oxygen atoms in total. The van der Waals surface area contributed by atoms with Gasteiger partial charge in [0.1, 0.15) is 11.5 Å². The van der Waals surface area contributed by atoms with E-state index in [0.29, 0.717) is 11.4 Å². The highest BCUT2D eigenvalue weighted by Gasteiger charge is 2.28. The number of unbranched alkanes of at least 4 members (excludes halogenated alkanes) is 1. The summed E-state index contributed by atoms with van der Waals surface area (Å²) in [6, 6.07) is 23.2. The maximum atomic E-state index is 13.5. The zero-order valence-electron chi connectivity index (χ0n) is 25.9. The predicted octanol–water partition coefficient (Wildman–Crippen LogP) is 7.48. The molecule has 1 saturated heterocycles. The number of amides is 2. The number of ether oxygens (including phenoxy) is 1. The quantitative estimate of drug-likeness (QED) is 0.172. The van der Waals surface area contributed by atoms with E-state index in [1.165, 1.54) is 5.56 Å². The maximum absolute atomic E-state index is 13.5. The van der Waals surface area contributed by atoms with Crippen LogP contribution in [0.25, 0.3) is 10.9 Å². The van der Waals surface area contributed by atoms with Crippen molar-refractivity contribution in [2.45, 2.75) is 45.2 Å². The molecule has 2 amide bonds. The molecule has 1 aromatic heterocycles. The number of hydrogen-bond donors (Lipinski definition) is 2. The van der Waals surface area contributed by atoms with Crippen molar-refractivity contribution in [3.05, 3.63) is 84.6 Å². The monoisotopic (exact) mass is 675 g/mol. The van der Waals surface area contributed by atoms with E-state index < -0.39 is 10.0 Å². The molecule has 1 fully saturated rings. The number of aryl methyl sites for hydroxylation is 1. The Morgan fingerprint density at radius 1 is 0.956 bits per heavy atom. The molecule has 4 aromatic rings. The Balaban J connectivity index is 0.00000276. The number of carbonyl (C=O) groups excluding carboxylic acids is 1. The van der Waals surface area contributed by atoms with Crippen molar-refractivity contribution in [2.24, 2.45) is 7.05 Å². The number of aromatic nitrogens is 1. The van der Waals surface area contributed by atoms with Gasteiger partial charge in [-0.3, -0.25) is 9.62 Å². The van der Waals surface area contributed by atoms with E-state index >= 15 is 0 Å². The van der Waals surface area contributed by atoms with E-state index in [1.807, 2.05) is 37.5 Å². The molecule has 0 aliphatic carbocycles. The number of nitrogens with zero attached hydrogens (tertiary/aromatic N) is 3. The van der Waals surface area contributed by atoms with Gasteiger partial charge in [-0.1, -0.05) is 43.7 Å². The highest BCUT2D eigenvalue weighted by atomic mass is 35.5. The summed E-state index contributed by atoms with van der Waals surface area (Å²) in [7, 11) is -1.31. The molecule has 244 valence electrons. The Morgan fingerprint density at radius 3 is 2.20 bits per heavy atom. The zero-order valence-corrected chi connectivity index (χ0v) is 28.4. The Kier molecular flexibility index (Phi) is 13.0. The number of urea groups is 1. The first-order chi connectivity index (χ1) is 20.7. The molecule has 12 heteroatoms. The molecule has 2 heterocycles. The summed E-state index contributed by atoms with van der Waals surface area (Å²) in [4.78, 5) is 18.0. The molecule has 3 aromatic carbocycles. The smallest absolute Gasteiger partial charge is 0.322 e. The largest absolute Gasteiger partial charge is 0.457 e. The second kappa shape index (κ2) is 16.2. The second-order valence-electron chi connectivity index (χ2n) is 11.3. The molecule has 0 saturated carbocycles. The summed E-state index contributed by atoms with van der Waals surface area (Å²) < 4.78 is 33.2. The minimum absolute atomic E-state index is 0. The van der Waals surface area contributed by atoms with Crippen LogP contribution in [0.1, 0.15) is 38.2 Å². The van der Waals surface area contributed by atoms with Crippen molar-refractivity contribution in [3.63, 3.8) is 0 Å². The van der Waals surface area contributed by atoms with Gasteiger partial charge in [-0.2, -0.15) is 0 Å². The number of carbonyl (C=O) groups is 1. The van der Waals surface area contributed by atoms with Crippen LogP contribution in [0.4, 0.5) is 16.2 Å². The lowest BCUT2D eigenvalue weighted by Crippen LogP contribution is -2.49. The summed E-state index contributed by atoms with van der Waals surface area (Å²) in [6.45, 7) is 5.63. The average molecular weight is 677 g/mol. The van der Waals surface area contributed by atoms with Crippen LogP contribution in [-0.2, 0) is 23.6 Å². The van der Waals surface area contributed by atoms with Crippen molar-refractivity contribution in [3.8, 4) is 11.5 Å². The number of halogens is 2. The summed E-state index contributed by atoms with van der Waals surface area (Å²) >= 11 is 0. The normalized spacial score (nSPS) is 13.8. The molecule has 0 unspecified atom stereocenters. The molecule has 1 aliphatic rings. The molecule has 5 rings (SSSR count). The third kappa shape index (κ3) is 9.77. The third-order valence-electron chi connectivity index (χ3n) is 7.87. The van der Waals surface area contributed by atoms with Gasteiger partial charge in [0, 0.05) is 62.1 Å². The van der Waals surface area contributed by atoms with Gasteiger partial charge >= 0.3 is 6.03 Å². The van der Waals surface area contributed by atoms with Gasteiger partial charge < -0.3 is 19.5 Å². The van der Waals surface area contributed by atoms with Crippen molar-refractivity contribution in [1.29, 1.82) is 0 Å². The molecule has 0 spiro atoms. The lowest BCUT2D eigenvalue weighted by molar-refractivity contribution is 0.122. The lowest BCUT2D eigenvalue weighted by Gasteiger charge is -2.38. The standard InChI is InChI=1S/C33H41N5O4S.2ClH/c1-4-5-20-38(33(39)34-31-24-36(2)32-9-7-6-8-30(31)32)27-18-21-37(22-19-27)23-25-10-14-28(15-11-25)42-29-16-12-26(13-17-29)35-43(3,40)41;;/h6-17,24,27,35H,4-5,18-23H2,1-3H3,(H,34,39);2*1H. The second-order valence-corrected chi connectivity index (χ2v) is 13.0. The summed E-state index contributed by atoms with van der Waals surface area (Å²) in [5.74, 6) is 1.35. The molecule has 45 heavy (non-hydrogen) atoms. The van der Waals surface area contributed by atoms with Crippen LogP contribution in [0.2, 0.25) is 0 Å². The summed E-state index contributed by atoms with van der Waals surface area (Å²) in [5, 5.41) is 4.27. The third-order valence-corrected chi connectivity index (χ3v) is 8.48. The SMILES string of the molecule is CCCCN(C(=O)Nc1cn(C)c2ccccc12)C1CCN(Cc2ccc(Oc3ccc(NS(C)(=O)=O)cc3)cc2)CC1.Cl.Cl. The van der Waals surface area contributed by atoms with Gasteiger partial charge in [-0.05, 0) is 67.3 Å². The zero-order chi connectivity index (χ0) is 30.4. The molecule has 2 N–H and O–H groups in total. The molecular formula is C33H43Cl2N5O4S. The number of sulfonamides is 1. The van der Waals surface area contributed by atoms with Crippen molar-refractivity contribution < 1.29 is 17.9 Å². The Bertz CT molecular complexity index is 1640. The number of benzene rings is 3. The number of para-hydroxylation sites is 1. The van der Waals surface area contributed by atoms with E-state index in [9.17, 15) is 13.2 Å². The van der Waals surface area contributed by atoms with Crippen LogP contribution >= 0.6 is 24.8 Å². The maximum Gasteiger partial charge on any atom is 0.322 e. The Morgan fingerprint density at radius 2 is 1.58 bits per heavy atom. The highest BCUT2D eigenvalue weighted by molar-refractivity contribution is 7.92. The van der Waals surface area contributed by atoms with E-state index in [4.69, 9.17) is 4.74 Å². The van der Waals surface area contributed by atoms with Gasteiger partial charge in [-0.15, -0.1) is 24.8 Å².